The van der Waals surface area contributed by atoms with Gasteiger partial charge in [-0.1, -0.05) is 37.3 Å². The average Bonchev–Trinajstić information content (AvgIpc) is 3.21. The van der Waals surface area contributed by atoms with Crippen LogP contribution >= 0.6 is 11.3 Å². The zero-order valence-corrected chi connectivity index (χ0v) is 17.7. The van der Waals surface area contributed by atoms with E-state index in [-0.39, 0.29) is 5.56 Å². The van der Waals surface area contributed by atoms with Gasteiger partial charge in [0, 0.05) is 49.9 Å². The Kier molecular flexibility index (Phi) is 7.58. The molecule has 0 aliphatic heterocycles. The largest absolute Gasteiger partial charge is 0.356 e. The number of aromatic nitrogens is 2. The summed E-state index contributed by atoms with van der Waals surface area (Å²) in [6.07, 6.45) is 5.70. The third-order valence-corrected chi connectivity index (χ3v) is 5.74. The predicted molar refractivity (Wildman–Crippen MR) is 120 cm³/mol. The summed E-state index contributed by atoms with van der Waals surface area (Å²) in [5.74, 6) is 0.775. The first-order valence-corrected chi connectivity index (χ1v) is 10.6. The van der Waals surface area contributed by atoms with Crippen molar-refractivity contribution in [3.8, 4) is 0 Å². The summed E-state index contributed by atoms with van der Waals surface area (Å²) in [5.41, 5.74) is 2.26. The number of benzene rings is 1. The summed E-state index contributed by atoms with van der Waals surface area (Å²) in [6, 6.07) is 13.5. The third-order valence-electron chi connectivity index (χ3n) is 4.54. The van der Waals surface area contributed by atoms with Gasteiger partial charge in [-0.2, -0.15) is 0 Å². The van der Waals surface area contributed by atoms with Crippen molar-refractivity contribution in [2.75, 3.05) is 13.6 Å². The van der Waals surface area contributed by atoms with Crippen LogP contribution in [0.3, 0.4) is 0 Å². The molecule has 2 heterocycles. The molecule has 152 valence electrons. The molecule has 7 heteroatoms. The van der Waals surface area contributed by atoms with Gasteiger partial charge in [-0.05, 0) is 23.6 Å². The van der Waals surface area contributed by atoms with Crippen molar-refractivity contribution in [3.63, 3.8) is 0 Å². The molecular formula is C22H27N5OS. The van der Waals surface area contributed by atoms with E-state index >= 15 is 0 Å². The number of rotatable bonds is 8. The minimum atomic E-state index is 0.0109. The van der Waals surface area contributed by atoms with Crippen molar-refractivity contribution in [2.24, 2.45) is 4.99 Å². The second-order valence-electron chi connectivity index (χ2n) is 6.66. The topological polar surface area (TPSA) is 71.3 Å². The number of nitrogens with one attached hydrogen (secondary N) is 2. The van der Waals surface area contributed by atoms with Gasteiger partial charge in [0.1, 0.15) is 0 Å². The van der Waals surface area contributed by atoms with Gasteiger partial charge < -0.3 is 15.2 Å². The maximum atomic E-state index is 11.8. The number of aryl methyl sites for hydroxylation is 1. The zero-order valence-electron chi connectivity index (χ0n) is 16.9. The summed E-state index contributed by atoms with van der Waals surface area (Å²) in [5, 5.41) is 7.82. The van der Waals surface area contributed by atoms with Crippen LogP contribution in [0.4, 0.5) is 0 Å². The first-order chi connectivity index (χ1) is 14.2. The van der Waals surface area contributed by atoms with Crippen molar-refractivity contribution >= 4 is 17.3 Å². The van der Waals surface area contributed by atoms with Gasteiger partial charge >= 0.3 is 0 Å². The number of guanidine groups is 1. The summed E-state index contributed by atoms with van der Waals surface area (Å²) >= 11 is 1.77. The molecule has 1 aromatic carbocycles. The molecule has 3 aromatic rings. The molecule has 0 bridgehead atoms. The number of aliphatic imine (C=N–C) groups is 1. The Balaban J connectivity index is 1.45. The molecule has 0 aliphatic carbocycles. The molecule has 0 fully saturated rings. The van der Waals surface area contributed by atoms with Crippen LogP contribution in [0.1, 0.15) is 27.9 Å². The van der Waals surface area contributed by atoms with Crippen molar-refractivity contribution in [2.45, 2.75) is 32.9 Å². The normalized spacial score (nSPS) is 11.4. The van der Waals surface area contributed by atoms with Gasteiger partial charge in [-0.15, -0.1) is 11.3 Å². The van der Waals surface area contributed by atoms with Crippen LogP contribution in [0.15, 0.2) is 64.6 Å². The predicted octanol–water partition coefficient (Wildman–Crippen LogP) is 2.82. The van der Waals surface area contributed by atoms with Crippen LogP contribution in [0, 0.1) is 0 Å². The van der Waals surface area contributed by atoms with Crippen LogP contribution in [0.25, 0.3) is 0 Å². The van der Waals surface area contributed by atoms with Gasteiger partial charge in [-0.25, -0.2) is 4.98 Å². The lowest BCUT2D eigenvalue weighted by atomic mass is 10.1. The maximum absolute atomic E-state index is 11.8. The maximum Gasteiger partial charge on any atom is 0.250 e. The number of pyridine rings is 1. The van der Waals surface area contributed by atoms with Crippen molar-refractivity contribution in [1.82, 2.24) is 20.2 Å². The highest BCUT2D eigenvalue weighted by Gasteiger charge is 2.03. The molecule has 0 unspecified atom stereocenters. The molecule has 0 spiro atoms. The van der Waals surface area contributed by atoms with E-state index < -0.39 is 0 Å². The Bertz CT molecular complexity index is 991. The fraction of sp³-hybridized carbons (Fsp3) is 0.318. The van der Waals surface area contributed by atoms with Crippen LogP contribution < -0.4 is 16.2 Å². The van der Waals surface area contributed by atoms with Gasteiger partial charge in [-0.3, -0.25) is 9.79 Å². The molecule has 0 atom stereocenters. The first-order valence-electron chi connectivity index (χ1n) is 9.79. The molecule has 0 saturated heterocycles. The van der Waals surface area contributed by atoms with Crippen molar-refractivity contribution in [1.29, 1.82) is 0 Å². The Morgan fingerprint density at radius 2 is 1.93 bits per heavy atom. The summed E-state index contributed by atoms with van der Waals surface area (Å²) in [4.78, 5) is 21.9. The van der Waals surface area contributed by atoms with Crippen LogP contribution in [-0.2, 0) is 25.9 Å². The first kappa shape index (κ1) is 20.8. The molecule has 29 heavy (non-hydrogen) atoms. The van der Waals surface area contributed by atoms with E-state index in [1.807, 2.05) is 18.5 Å². The second kappa shape index (κ2) is 10.6. The molecule has 2 aromatic heterocycles. The van der Waals surface area contributed by atoms with Gasteiger partial charge in [0.15, 0.2) is 5.96 Å². The monoisotopic (exact) mass is 409 g/mol. The van der Waals surface area contributed by atoms with E-state index in [2.05, 4.69) is 51.8 Å². The van der Waals surface area contributed by atoms with E-state index in [0.29, 0.717) is 13.1 Å². The van der Waals surface area contributed by atoms with E-state index in [4.69, 9.17) is 0 Å². The van der Waals surface area contributed by atoms with Gasteiger partial charge in [0.2, 0.25) is 0 Å². The lowest BCUT2D eigenvalue weighted by molar-refractivity contribution is 0.757. The summed E-state index contributed by atoms with van der Waals surface area (Å²) in [7, 11) is 1.77. The molecule has 3 rings (SSSR count). The van der Waals surface area contributed by atoms with Gasteiger partial charge in [0.25, 0.3) is 5.56 Å². The number of hydrogen-bond acceptors (Lipinski definition) is 4. The minimum Gasteiger partial charge on any atom is -0.356 e. The smallest absolute Gasteiger partial charge is 0.250 e. The number of hydrogen-bond donors (Lipinski definition) is 2. The molecule has 2 N–H and O–H groups in total. The molecule has 0 amide bonds. The van der Waals surface area contributed by atoms with E-state index in [1.54, 1.807) is 35.1 Å². The Labute approximate surface area is 175 Å². The molecular weight excluding hydrogens is 382 g/mol. The second-order valence-corrected chi connectivity index (χ2v) is 7.86. The summed E-state index contributed by atoms with van der Waals surface area (Å²) < 4.78 is 1.70. The van der Waals surface area contributed by atoms with Crippen LogP contribution in [0.5, 0.6) is 0 Å². The van der Waals surface area contributed by atoms with E-state index in [0.717, 1.165) is 41.5 Å². The standard InChI is InChI=1S/C22H27N5OS/c1-3-19-15-25-20(29-19)11-12-24-22(23-2)26-14-17-7-9-18(10-8-17)16-27-13-5-4-6-21(27)28/h4-10,13,15H,3,11-12,14,16H2,1-2H3,(H2,23,24,26). The highest BCUT2D eigenvalue weighted by Crippen LogP contribution is 2.13. The molecule has 0 saturated carbocycles. The Hall–Kier alpha value is -2.93. The Morgan fingerprint density at radius 3 is 2.62 bits per heavy atom. The molecule has 0 aliphatic rings. The average molecular weight is 410 g/mol. The zero-order chi connectivity index (χ0) is 20.5. The number of thiazole rings is 1. The fourth-order valence-corrected chi connectivity index (χ4v) is 3.73. The van der Waals surface area contributed by atoms with Gasteiger partial charge in [0.05, 0.1) is 11.6 Å². The highest BCUT2D eigenvalue weighted by atomic mass is 32.1. The lowest BCUT2D eigenvalue weighted by Crippen LogP contribution is -2.37. The minimum absolute atomic E-state index is 0.0109. The molecule has 6 nitrogen and oxygen atoms in total. The Morgan fingerprint density at radius 1 is 1.14 bits per heavy atom. The van der Waals surface area contributed by atoms with Crippen LogP contribution in [0.2, 0.25) is 0 Å². The quantitative estimate of drug-likeness (QED) is 0.443. The fourth-order valence-electron chi connectivity index (χ4n) is 2.87. The van der Waals surface area contributed by atoms with E-state index in [9.17, 15) is 4.79 Å². The third kappa shape index (κ3) is 6.29. The molecule has 0 radical (unpaired) electrons. The highest BCUT2D eigenvalue weighted by molar-refractivity contribution is 7.11. The van der Waals surface area contributed by atoms with Crippen molar-refractivity contribution in [3.05, 3.63) is 86.2 Å². The van der Waals surface area contributed by atoms with Crippen LogP contribution in [-0.4, -0.2) is 29.1 Å². The lowest BCUT2D eigenvalue weighted by Gasteiger charge is -2.12. The number of nitrogens with zero attached hydrogens (tertiary/aromatic N) is 3. The summed E-state index contributed by atoms with van der Waals surface area (Å²) in [6.45, 7) is 4.20. The van der Waals surface area contributed by atoms with E-state index in [1.165, 1.54) is 4.88 Å². The van der Waals surface area contributed by atoms with Crippen molar-refractivity contribution < 1.29 is 0 Å². The SMILES string of the molecule is CCc1cnc(CCNC(=NC)NCc2ccc(Cn3ccccc3=O)cc2)s1.